The Balaban J connectivity index is 1.59. The van der Waals surface area contributed by atoms with E-state index in [0.717, 1.165) is 51.6 Å². The zero-order valence-corrected chi connectivity index (χ0v) is 20.7. The van der Waals surface area contributed by atoms with Crippen molar-refractivity contribution in [1.29, 1.82) is 0 Å². The summed E-state index contributed by atoms with van der Waals surface area (Å²) in [5.41, 5.74) is 2.16. The molecule has 1 saturated carbocycles. The summed E-state index contributed by atoms with van der Waals surface area (Å²) in [7, 11) is 8.43. The van der Waals surface area contributed by atoms with E-state index in [2.05, 4.69) is 85.5 Å². The van der Waals surface area contributed by atoms with Crippen molar-refractivity contribution < 1.29 is 9.53 Å². The van der Waals surface area contributed by atoms with Crippen molar-refractivity contribution in [2.45, 2.75) is 55.7 Å². The summed E-state index contributed by atoms with van der Waals surface area (Å²) in [6.45, 7) is 1.96. The van der Waals surface area contributed by atoms with Crippen LogP contribution in [0.25, 0.3) is 0 Å². The minimum Gasteiger partial charge on any atom is -0.446 e. The molecule has 5 heteroatoms. The van der Waals surface area contributed by atoms with Crippen LogP contribution in [0.1, 0.15) is 49.7 Å². The van der Waals surface area contributed by atoms with E-state index in [9.17, 15) is 4.79 Å². The molecule has 1 saturated heterocycles. The molecule has 0 aromatic heterocycles. The van der Waals surface area contributed by atoms with Gasteiger partial charge in [-0.25, -0.2) is 4.79 Å². The number of rotatable bonds is 5. The Morgan fingerprint density at radius 1 is 0.818 bits per heavy atom. The maximum Gasteiger partial charge on any atom is 0.410 e. The molecule has 2 fully saturated rings. The summed E-state index contributed by atoms with van der Waals surface area (Å²) >= 11 is 0. The lowest BCUT2D eigenvalue weighted by Gasteiger charge is -2.53. The van der Waals surface area contributed by atoms with Crippen LogP contribution in [0.5, 0.6) is 0 Å². The highest BCUT2D eigenvalue weighted by atomic mass is 16.6. The van der Waals surface area contributed by atoms with Gasteiger partial charge in [-0.05, 0) is 70.8 Å². The van der Waals surface area contributed by atoms with Gasteiger partial charge in [0.15, 0.2) is 0 Å². The maximum atomic E-state index is 13.4. The van der Waals surface area contributed by atoms with Gasteiger partial charge in [-0.2, -0.15) is 0 Å². The van der Waals surface area contributed by atoms with Crippen molar-refractivity contribution >= 4 is 6.09 Å². The third-order valence-electron chi connectivity index (χ3n) is 8.23. The van der Waals surface area contributed by atoms with Gasteiger partial charge in [-0.15, -0.1) is 0 Å². The van der Waals surface area contributed by atoms with Crippen LogP contribution in [0.3, 0.4) is 0 Å². The molecule has 1 amide bonds. The topological polar surface area (TPSA) is 36.0 Å². The number of ether oxygens (including phenoxy) is 1. The Labute approximate surface area is 199 Å². The standard InChI is InChI=1S/C28H39N3O2/c1-29(2)27(23-11-7-5-8-12-23)17-19-28(20-18-27,24-13-9-6-10-14-24)31(4)26(32)33-25-15-21-30(3)22-16-25/h5-14,25H,15-22H2,1-4H3. The van der Waals surface area contributed by atoms with Gasteiger partial charge in [0, 0.05) is 25.7 Å². The van der Waals surface area contributed by atoms with Crippen LogP contribution in [0.15, 0.2) is 60.7 Å². The van der Waals surface area contributed by atoms with E-state index >= 15 is 0 Å². The second-order valence-corrected chi connectivity index (χ2v) is 10.1. The fourth-order valence-corrected chi connectivity index (χ4v) is 5.88. The molecule has 33 heavy (non-hydrogen) atoms. The molecule has 0 spiro atoms. The first-order chi connectivity index (χ1) is 15.9. The average molecular weight is 450 g/mol. The molecular formula is C28H39N3O2. The summed E-state index contributed by atoms with van der Waals surface area (Å²) in [4.78, 5) is 20.0. The number of carbonyl (C=O) groups excluding carboxylic acids is 1. The number of benzene rings is 2. The normalized spacial score (nSPS) is 26.8. The molecule has 0 unspecified atom stereocenters. The highest BCUT2D eigenvalue weighted by Gasteiger charge is 2.49. The lowest BCUT2D eigenvalue weighted by molar-refractivity contribution is -0.0219. The van der Waals surface area contributed by atoms with Crippen LogP contribution in [0, 0.1) is 0 Å². The maximum absolute atomic E-state index is 13.4. The van der Waals surface area contributed by atoms with E-state index in [1.54, 1.807) is 0 Å². The second-order valence-electron chi connectivity index (χ2n) is 10.1. The summed E-state index contributed by atoms with van der Waals surface area (Å²) in [6.07, 6.45) is 5.38. The molecule has 1 aliphatic carbocycles. The summed E-state index contributed by atoms with van der Waals surface area (Å²) in [5, 5.41) is 0. The van der Waals surface area contributed by atoms with E-state index < -0.39 is 0 Å². The van der Waals surface area contributed by atoms with Crippen molar-refractivity contribution in [2.75, 3.05) is 41.3 Å². The Bertz CT molecular complexity index is 899. The van der Waals surface area contributed by atoms with E-state index in [0.29, 0.717) is 0 Å². The molecule has 0 radical (unpaired) electrons. The molecule has 0 N–H and O–H groups in total. The van der Waals surface area contributed by atoms with Crippen LogP contribution in [-0.4, -0.2) is 68.2 Å². The van der Waals surface area contributed by atoms with E-state index in [1.165, 1.54) is 11.1 Å². The van der Waals surface area contributed by atoms with Gasteiger partial charge in [0.2, 0.25) is 0 Å². The molecule has 2 aliphatic rings. The summed E-state index contributed by atoms with van der Waals surface area (Å²) in [5.74, 6) is 0. The predicted octanol–water partition coefficient (Wildman–Crippen LogP) is 5.08. The number of hydrogen-bond acceptors (Lipinski definition) is 4. The largest absolute Gasteiger partial charge is 0.446 e. The molecule has 0 bridgehead atoms. The van der Waals surface area contributed by atoms with E-state index in [1.807, 2.05) is 18.0 Å². The number of likely N-dealkylation sites (tertiary alicyclic amines) is 1. The zero-order valence-electron chi connectivity index (χ0n) is 20.7. The molecular weight excluding hydrogens is 410 g/mol. The average Bonchev–Trinajstić information content (AvgIpc) is 2.86. The minimum atomic E-state index is -0.363. The molecule has 2 aromatic rings. The van der Waals surface area contributed by atoms with Crippen LogP contribution in [0.4, 0.5) is 4.79 Å². The van der Waals surface area contributed by atoms with Crippen molar-refractivity contribution in [3.05, 3.63) is 71.8 Å². The number of piperidine rings is 1. The lowest BCUT2D eigenvalue weighted by atomic mass is 9.66. The van der Waals surface area contributed by atoms with Crippen molar-refractivity contribution in [3.8, 4) is 0 Å². The van der Waals surface area contributed by atoms with E-state index in [4.69, 9.17) is 4.74 Å². The Hall–Kier alpha value is -2.37. The van der Waals surface area contributed by atoms with Gasteiger partial charge in [0.05, 0.1) is 5.54 Å². The van der Waals surface area contributed by atoms with Gasteiger partial charge in [0.25, 0.3) is 0 Å². The van der Waals surface area contributed by atoms with Crippen molar-refractivity contribution in [3.63, 3.8) is 0 Å². The van der Waals surface area contributed by atoms with E-state index in [-0.39, 0.29) is 23.3 Å². The Kier molecular flexibility index (Phi) is 7.10. The first kappa shape index (κ1) is 23.8. The summed E-state index contributed by atoms with van der Waals surface area (Å²) < 4.78 is 6.04. The van der Waals surface area contributed by atoms with Crippen molar-refractivity contribution in [1.82, 2.24) is 14.7 Å². The van der Waals surface area contributed by atoms with Crippen LogP contribution >= 0.6 is 0 Å². The van der Waals surface area contributed by atoms with Gasteiger partial charge < -0.3 is 14.5 Å². The quantitative estimate of drug-likeness (QED) is 0.638. The first-order valence-electron chi connectivity index (χ1n) is 12.3. The molecule has 4 rings (SSSR count). The fraction of sp³-hybridized carbons (Fsp3) is 0.536. The van der Waals surface area contributed by atoms with Gasteiger partial charge >= 0.3 is 6.09 Å². The number of hydrogen-bond donors (Lipinski definition) is 0. The number of carbonyl (C=O) groups is 1. The monoisotopic (exact) mass is 449 g/mol. The Morgan fingerprint density at radius 2 is 1.27 bits per heavy atom. The fourth-order valence-electron chi connectivity index (χ4n) is 5.88. The lowest BCUT2D eigenvalue weighted by Crippen LogP contribution is -2.55. The molecule has 0 atom stereocenters. The third-order valence-corrected chi connectivity index (χ3v) is 8.23. The second kappa shape index (κ2) is 9.86. The zero-order chi connectivity index (χ0) is 23.5. The van der Waals surface area contributed by atoms with Crippen LogP contribution < -0.4 is 0 Å². The predicted molar refractivity (Wildman–Crippen MR) is 133 cm³/mol. The summed E-state index contributed by atoms with van der Waals surface area (Å²) in [6, 6.07) is 21.4. The highest BCUT2D eigenvalue weighted by molar-refractivity contribution is 5.69. The van der Waals surface area contributed by atoms with Crippen molar-refractivity contribution in [2.24, 2.45) is 0 Å². The van der Waals surface area contributed by atoms with Crippen LogP contribution in [0.2, 0.25) is 0 Å². The third kappa shape index (κ3) is 4.67. The minimum absolute atomic E-state index is 0.0118. The molecule has 1 heterocycles. The van der Waals surface area contributed by atoms with Gasteiger partial charge in [-0.1, -0.05) is 60.7 Å². The number of nitrogens with zero attached hydrogens (tertiary/aromatic N) is 3. The van der Waals surface area contributed by atoms with Gasteiger partial charge in [0.1, 0.15) is 6.10 Å². The Morgan fingerprint density at radius 3 is 1.76 bits per heavy atom. The molecule has 1 aliphatic heterocycles. The SMILES string of the molecule is CN1CCC(OC(=O)N(C)C2(c3ccccc3)CCC(c3ccccc3)(N(C)C)CC2)CC1. The van der Waals surface area contributed by atoms with Crippen LogP contribution in [-0.2, 0) is 15.8 Å². The smallest absolute Gasteiger partial charge is 0.410 e. The number of amides is 1. The molecule has 178 valence electrons. The molecule has 5 nitrogen and oxygen atoms in total. The first-order valence-corrected chi connectivity index (χ1v) is 12.3. The highest BCUT2D eigenvalue weighted by Crippen LogP contribution is 2.50. The van der Waals surface area contributed by atoms with Gasteiger partial charge in [-0.3, -0.25) is 4.90 Å². The molecule has 2 aromatic carbocycles.